The molecule has 7 heteroatoms. The lowest BCUT2D eigenvalue weighted by atomic mass is 10.2. The molecular weight excluding hydrogens is 286 g/mol. The van der Waals surface area contributed by atoms with Crippen LogP contribution in [0.25, 0.3) is 0 Å². The molecule has 2 N–H and O–H groups in total. The van der Waals surface area contributed by atoms with Crippen LogP contribution < -0.4 is 5.32 Å². The minimum Gasteiger partial charge on any atom is -0.352 e. The molecule has 2 aromatic rings. The van der Waals surface area contributed by atoms with Crippen molar-refractivity contribution in [2.75, 3.05) is 6.54 Å². The van der Waals surface area contributed by atoms with Crippen LogP contribution >= 0.6 is 15.9 Å². The van der Waals surface area contributed by atoms with Crippen LogP contribution in [0, 0.1) is 0 Å². The molecule has 0 aromatic carbocycles. The lowest BCUT2D eigenvalue weighted by Crippen LogP contribution is -2.26. The van der Waals surface area contributed by atoms with Gasteiger partial charge in [0.1, 0.15) is 16.8 Å². The highest BCUT2D eigenvalue weighted by atomic mass is 79.9. The van der Waals surface area contributed by atoms with E-state index in [2.05, 4.69) is 41.4 Å². The Bertz CT molecular complexity index is 482. The Labute approximate surface area is 106 Å². The zero-order chi connectivity index (χ0) is 12.1. The molecule has 0 aliphatic rings. The van der Waals surface area contributed by atoms with Crippen molar-refractivity contribution in [1.82, 2.24) is 25.5 Å². The van der Waals surface area contributed by atoms with Crippen molar-refractivity contribution in [3.63, 3.8) is 0 Å². The number of nitrogens with one attached hydrogen (secondary N) is 2. The lowest BCUT2D eigenvalue weighted by molar-refractivity contribution is 0.0953. The predicted molar refractivity (Wildman–Crippen MR) is 64.4 cm³/mol. The van der Waals surface area contributed by atoms with E-state index in [9.17, 15) is 4.79 Å². The van der Waals surface area contributed by atoms with Crippen LogP contribution in [0.3, 0.4) is 0 Å². The fourth-order valence-corrected chi connectivity index (χ4v) is 1.49. The second-order valence-electron chi connectivity index (χ2n) is 3.31. The number of aromatic amines is 1. The van der Waals surface area contributed by atoms with Crippen LogP contribution in [0.5, 0.6) is 0 Å². The standard InChI is InChI=1S/C10H10BrN5O/c11-8-2-1-7(5-13-8)10(17)12-4-3-9-14-6-15-16-9/h1-2,5-6H,3-4H2,(H,12,17)(H,14,15,16). The van der Waals surface area contributed by atoms with Gasteiger partial charge in [0, 0.05) is 19.2 Å². The number of H-pyrrole nitrogens is 1. The zero-order valence-corrected chi connectivity index (χ0v) is 10.4. The number of rotatable bonds is 4. The highest BCUT2D eigenvalue weighted by molar-refractivity contribution is 9.10. The summed E-state index contributed by atoms with van der Waals surface area (Å²) in [4.78, 5) is 19.6. The van der Waals surface area contributed by atoms with Crippen LogP contribution in [0.2, 0.25) is 0 Å². The SMILES string of the molecule is O=C(NCCc1ncn[nH]1)c1ccc(Br)nc1. The minimum absolute atomic E-state index is 0.149. The van der Waals surface area contributed by atoms with Crippen molar-refractivity contribution in [3.05, 3.63) is 40.6 Å². The van der Waals surface area contributed by atoms with E-state index in [4.69, 9.17) is 0 Å². The molecule has 0 aliphatic carbocycles. The fraction of sp³-hybridized carbons (Fsp3) is 0.200. The molecule has 0 aliphatic heterocycles. The molecule has 2 rings (SSSR count). The van der Waals surface area contributed by atoms with Crippen LogP contribution in [0.4, 0.5) is 0 Å². The molecule has 0 atom stereocenters. The normalized spacial score (nSPS) is 10.2. The number of halogens is 1. The topological polar surface area (TPSA) is 83.6 Å². The van der Waals surface area contributed by atoms with Crippen molar-refractivity contribution >= 4 is 21.8 Å². The van der Waals surface area contributed by atoms with Gasteiger partial charge < -0.3 is 5.32 Å². The van der Waals surface area contributed by atoms with E-state index in [1.54, 1.807) is 12.1 Å². The van der Waals surface area contributed by atoms with E-state index in [-0.39, 0.29) is 5.91 Å². The Morgan fingerprint density at radius 3 is 2.94 bits per heavy atom. The molecule has 0 radical (unpaired) electrons. The second-order valence-corrected chi connectivity index (χ2v) is 4.12. The first kappa shape index (κ1) is 11.7. The fourth-order valence-electron chi connectivity index (χ4n) is 1.26. The van der Waals surface area contributed by atoms with Gasteiger partial charge in [-0.1, -0.05) is 0 Å². The molecule has 0 bridgehead atoms. The van der Waals surface area contributed by atoms with Crippen molar-refractivity contribution in [2.45, 2.75) is 6.42 Å². The molecule has 88 valence electrons. The predicted octanol–water partition coefficient (Wildman–Crippen LogP) is 0.935. The lowest BCUT2D eigenvalue weighted by Gasteiger charge is -2.03. The Morgan fingerprint density at radius 2 is 2.29 bits per heavy atom. The molecule has 0 spiro atoms. The second kappa shape index (κ2) is 5.53. The average Bonchev–Trinajstić information content (AvgIpc) is 2.83. The van der Waals surface area contributed by atoms with E-state index in [1.165, 1.54) is 12.5 Å². The van der Waals surface area contributed by atoms with Crippen LogP contribution in [0.1, 0.15) is 16.2 Å². The minimum atomic E-state index is -0.149. The van der Waals surface area contributed by atoms with Gasteiger partial charge in [0.15, 0.2) is 0 Å². The van der Waals surface area contributed by atoms with Gasteiger partial charge >= 0.3 is 0 Å². The third-order valence-corrected chi connectivity index (χ3v) is 2.57. The van der Waals surface area contributed by atoms with Gasteiger partial charge in [-0.3, -0.25) is 9.89 Å². The molecule has 0 saturated carbocycles. The van der Waals surface area contributed by atoms with Gasteiger partial charge in [0.25, 0.3) is 5.91 Å². The maximum Gasteiger partial charge on any atom is 0.252 e. The van der Waals surface area contributed by atoms with E-state index in [1.807, 2.05) is 0 Å². The summed E-state index contributed by atoms with van der Waals surface area (Å²) in [5, 5.41) is 9.23. The quantitative estimate of drug-likeness (QED) is 0.822. The van der Waals surface area contributed by atoms with Gasteiger partial charge in [-0.2, -0.15) is 5.10 Å². The monoisotopic (exact) mass is 295 g/mol. The number of carbonyl (C=O) groups excluding carboxylic acids is 1. The van der Waals surface area contributed by atoms with Crippen molar-refractivity contribution < 1.29 is 4.79 Å². The summed E-state index contributed by atoms with van der Waals surface area (Å²) >= 11 is 3.21. The molecule has 0 unspecified atom stereocenters. The number of amides is 1. The molecule has 1 amide bonds. The maximum absolute atomic E-state index is 11.7. The Morgan fingerprint density at radius 1 is 1.41 bits per heavy atom. The maximum atomic E-state index is 11.7. The zero-order valence-electron chi connectivity index (χ0n) is 8.85. The smallest absolute Gasteiger partial charge is 0.252 e. The Hall–Kier alpha value is -1.76. The highest BCUT2D eigenvalue weighted by Crippen LogP contribution is 2.05. The first-order valence-electron chi connectivity index (χ1n) is 4.99. The third kappa shape index (κ3) is 3.35. The molecule has 6 nitrogen and oxygen atoms in total. The van der Waals surface area contributed by atoms with Gasteiger partial charge in [-0.25, -0.2) is 9.97 Å². The van der Waals surface area contributed by atoms with Gasteiger partial charge in [-0.05, 0) is 28.1 Å². The molecule has 0 saturated heterocycles. The van der Waals surface area contributed by atoms with Crippen molar-refractivity contribution in [3.8, 4) is 0 Å². The summed E-state index contributed by atoms with van der Waals surface area (Å²) in [6.45, 7) is 0.504. The number of aromatic nitrogens is 4. The van der Waals surface area contributed by atoms with Crippen LogP contribution in [-0.4, -0.2) is 32.6 Å². The van der Waals surface area contributed by atoms with Crippen LogP contribution in [-0.2, 0) is 6.42 Å². The number of carbonyl (C=O) groups is 1. The Balaban J connectivity index is 1.83. The molecule has 17 heavy (non-hydrogen) atoms. The average molecular weight is 296 g/mol. The molecule has 2 aromatic heterocycles. The molecule has 2 heterocycles. The number of pyridine rings is 1. The molecular formula is C10H10BrN5O. The summed E-state index contributed by atoms with van der Waals surface area (Å²) in [6, 6.07) is 3.44. The van der Waals surface area contributed by atoms with E-state index >= 15 is 0 Å². The van der Waals surface area contributed by atoms with Crippen molar-refractivity contribution in [2.24, 2.45) is 0 Å². The van der Waals surface area contributed by atoms with Gasteiger partial charge in [0.2, 0.25) is 0 Å². The van der Waals surface area contributed by atoms with E-state index in [0.717, 1.165) is 5.82 Å². The summed E-state index contributed by atoms with van der Waals surface area (Å²) in [5.41, 5.74) is 0.533. The first-order valence-corrected chi connectivity index (χ1v) is 5.79. The summed E-state index contributed by atoms with van der Waals surface area (Å²) in [5.74, 6) is 0.601. The molecule has 0 fully saturated rings. The largest absolute Gasteiger partial charge is 0.352 e. The first-order chi connectivity index (χ1) is 8.25. The van der Waals surface area contributed by atoms with Gasteiger partial charge in [-0.15, -0.1) is 0 Å². The van der Waals surface area contributed by atoms with Crippen molar-refractivity contribution in [1.29, 1.82) is 0 Å². The summed E-state index contributed by atoms with van der Waals surface area (Å²) < 4.78 is 0.704. The Kier molecular flexibility index (Phi) is 3.81. The van der Waals surface area contributed by atoms with Gasteiger partial charge in [0.05, 0.1) is 5.56 Å². The number of hydrogen-bond donors (Lipinski definition) is 2. The highest BCUT2D eigenvalue weighted by Gasteiger charge is 2.05. The van der Waals surface area contributed by atoms with Crippen LogP contribution in [0.15, 0.2) is 29.3 Å². The summed E-state index contributed by atoms with van der Waals surface area (Å²) in [7, 11) is 0. The van der Waals surface area contributed by atoms with E-state index < -0.39 is 0 Å². The van der Waals surface area contributed by atoms with E-state index in [0.29, 0.717) is 23.1 Å². The number of nitrogens with zero attached hydrogens (tertiary/aromatic N) is 3. The third-order valence-electron chi connectivity index (χ3n) is 2.10. The number of hydrogen-bond acceptors (Lipinski definition) is 4. The summed E-state index contributed by atoms with van der Waals surface area (Å²) in [6.07, 6.45) is 3.58.